The van der Waals surface area contributed by atoms with E-state index in [4.69, 9.17) is 0 Å². The molecule has 0 saturated heterocycles. The number of hydrogen-bond acceptors (Lipinski definition) is 3. The molecular weight excluding hydrogens is 259 g/mol. The smallest absolute Gasteiger partial charge is 0.251 e. The van der Waals surface area contributed by atoms with Crippen molar-refractivity contribution in [2.24, 2.45) is 0 Å². The topological polar surface area (TPSA) is 36.4 Å². The minimum Gasteiger partial charge on any atom is -0.348 e. The van der Waals surface area contributed by atoms with Crippen LogP contribution in [0.3, 0.4) is 0 Å². The minimum absolute atomic E-state index is 0.156. The van der Waals surface area contributed by atoms with Crippen LogP contribution in [0.25, 0.3) is 0 Å². The van der Waals surface area contributed by atoms with Crippen molar-refractivity contribution in [3.63, 3.8) is 0 Å². The molecule has 0 bridgehead atoms. The molecule has 0 N–H and O–H groups in total. The molecule has 0 atom stereocenters. The summed E-state index contributed by atoms with van der Waals surface area (Å²) in [6.45, 7) is 4.53. The molecule has 0 aliphatic carbocycles. The first-order chi connectivity index (χ1) is 8.90. The summed E-state index contributed by atoms with van der Waals surface area (Å²) in [7, 11) is 1.39. The van der Waals surface area contributed by atoms with Crippen LogP contribution in [0.5, 0.6) is 0 Å². The van der Waals surface area contributed by atoms with Gasteiger partial charge in [-0.25, -0.2) is 8.78 Å². The van der Waals surface area contributed by atoms with Gasteiger partial charge in [0, 0.05) is 26.2 Å². The SMILES string of the molecule is CCN(CC)C(=O)CN(C)c1nc(F)c(F)cc1F. The van der Waals surface area contributed by atoms with Gasteiger partial charge in [-0.15, -0.1) is 0 Å². The first-order valence-corrected chi connectivity index (χ1v) is 5.91. The highest BCUT2D eigenvalue weighted by Crippen LogP contribution is 2.17. The molecule has 0 aromatic carbocycles. The first kappa shape index (κ1) is 15.3. The third-order valence-electron chi connectivity index (χ3n) is 2.72. The number of nitrogens with zero attached hydrogens (tertiary/aromatic N) is 3. The van der Waals surface area contributed by atoms with E-state index in [1.54, 1.807) is 4.90 Å². The van der Waals surface area contributed by atoms with Gasteiger partial charge >= 0.3 is 0 Å². The molecule has 0 saturated carbocycles. The maximum atomic E-state index is 13.5. The Kier molecular flexibility index (Phi) is 5.14. The Morgan fingerprint density at radius 2 is 1.79 bits per heavy atom. The molecular formula is C12H16F3N3O. The predicted octanol–water partition coefficient (Wildman–Crippen LogP) is 1.80. The van der Waals surface area contributed by atoms with E-state index in [1.165, 1.54) is 7.05 Å². The van der Waals surface area contributed by atoms with E-state index in [1.807, 2.05) is 13.8 Å². The summed E-state index contributed by atoms with van der Waals surface area (Å²) in [4.78, 5) is 17.7. The maximum Gasteiger partial charge on any atom is 0.251 e. The van der Waals surface area contributed by atoms with Gasteiger partial charge in [0.15, 0.2) is 17.5 Å². The van der Waals surface area contributed by atoms with Crippen molar-refractivity contribution >= 4 is 11.7 Å². The number of carbonyl (C=O) groups is 1. The van der Waals surface area contributed by atoms with Crippen LogP contribution < -0.4 is 4.90 Å². The number of amides is 1. The summed E-state index contributed by atoms with van der Waals surface area (Å²) in [5.41, 5.74) is 0. The van der Waals surface area contributed by atoms with Crippen LogP contribution in [0.15, 0.2) is 6.07 Å². The fourth-order valence-electron chi connectivity index (χ4n) is 1.66. The lowest BCUT2D eigenvalue weighted by Crippen LogP contribution is -2.39. The van der Waals surface area contributed by atoms with Crippen molar-refractivity contribution in [1.29, 1.82) is 0 Å². The van der Waals surface area contributed by atoms with Crippen LogP contribution in [0, 0.1) is 17.6 Å². The lowest BCUT2D eigenvalue weighted by Gasteiger charge is -2.23. The molecule has 4 nitrogen and oxygen atoms in total. The molecule has 1 amide bonds. The summed E-state index contributed by atoms with van der Waals surface area (Å²) >= 11 is 0. The lowest BCUT2D eigenvalue weighted by molar-refractivity contribution is -0.129. The number of hydrogen-bond donors (Lipinski definition) is 0. The van der Waals surface area contributed by atoms with Crippen LogP contribution >= 0.6 is 0 Å². The second-order valence-corrected chi connectivity index (χ2v) is 3.99. The number of carbonyl (C=O) groups excluding carboxylic acids is 1. The Labute approximate surface area is 109 Å². The van der Waals surface area contributed by atoms with Crippen molar-refractivity contribution in [2.75, 3.05) is 31.6 Å². The zero-order valence-electron chi connectivity index (χ0n) is 11.1. The third kappa shape index (κ3) is 3.59. The molecule has 1 heterocycles. The van der Waals surface area contributed by atoms with Gasteiger partial charge < -0.3 is 9.80 Å². The average molecular weight is 275 g/mol. The normalized spacial score (nSPS) is 10.4. The fraction of sp³-hybridized carbons (Fsp3) is 0.500. The van der Waals surface area contributed by atoms with E-state index in [-0.39, 0.29) is 18.3 Å². The highest BCUT2D eigenvalue weighted by Gasteiger charge is 2.18. The van der Waals surface area contributed by atoms with Crippen LogP contribution in [-0.4, -0.2) is 42.5 Å². The van der Waals surface area contributed by atoms with Crippen LogP contribution in [0.4, 0.5) is 19.0 Å². The van der Waals surface area contributed by atoms with E-state index in [0.29, 0.717) is 19.2 Å². The van der Waals surface area contributed by atoms with Gasteiger partial charge in [-0.3, -0.25) is 4.79 Å². The standard InChI is InChI=1S/C12H16F3N3O/c1-4-18(5-2)10(19)7-17(3)12-9(14)6-8(13)11(15)16-12/h6H,4-5,7H2,1-3H3. The second-order valence-electron chi connectivity index (χ2n) is 3.99. The first-order valence-electron chi connectivity index (χ1n) is 5.91. The molecule has 1 rings (SSSR count). The van der Waals surface area contributed by atoms with E-state index in [0.717, 1.165) is 4.90 Å². The predicted molar refractivity (Wildman–Crippen MR) is 65.3 cm³/mol. The van der Waals surface area contributed by atoms with Gasteiger partial charge in [-0.05, 0) is 13.8 Å². The number of anilines is 1. The van der Waals surface area contributed by atoms with Crippen LogP contribution in [-0.2, 0) is 4.79 Å². The van der Waals surface area contributed by atoms with Crippen molar-refractivity contribution in [3.8, 4) is 0 Å². The van der Waals surface area contributed by atoms with Gasteiger partial charge in [0.1, 0.15) is 0 Å². The molecule has 0 unspecified atom stereocenters. The Morgan fingerprint density at radius 1 is 1.21 bits per heavy atom. The zero-order chi connectivity index (χ0) is 14.6. The molecule has 0 aliphatic rings. The summed E-state index contributed by atoms with van der Waals surface area (Å²) in [5, 5.41) is 0. The number of pyridine rings is 1. The highest BCUT2D eigenvalue weighted by atomic mass is 19.2. The molecule has 106 valence electrons. The Bertz CT molecular complexity index is 464. The average Bonchev–Trinajstić information content (AvgIpc) is 2.35. The summed E-state index contributed by atoms with van der Waals surface area (Å²) in [5.74, 6) is -4.38. The van der Waals surface area contributed by atoms with E-state index in [2.05, 4.69) is 4.98 Å². The molecule has 0 radical (unpaired) electrons. The van der Waals surface area contributed by atoms with Gasteiger partial charge in [0.25, 0.3) is 5.95 Å². The van der Waals surface area contributed by atoms with Crippen molar-refractivity contribution in [3.05, 3.63) is 23.6 Å². The van der Waals surface area contributed by atoms with Gasteiger partial charge in [-0.1, -0.05) is 0 Å². The summed E-state index contributed by atoms with van der Waals surface area (Å²) in [6, 6.07) is 0.413. The number of halogens is 3. The van der Waals surface area contributed by atoms with Crippen molar-refractivity contribution in [2.45, 2.75) is 13.8 Å². The molecule has 1 aromatic heterocycles. The third-order valence-corrected chi connectivity index (χ3v) is 2.72. The molecule has 0 spiro atoms. The zero-order valence-corrected chi connectivity index (χ0v) is 11.1. The Morgan fingerprint density at radius 3 is 2.32 bits per heavy atom. The minimum atomic E-state index is -1.39. The Balaban J connectivity index is 2.86. The van der Waals surface area contributed by atoms with Gasteiger partial charge in [0.2, 0.25) is 5.91 Å². The molecule has 0 fully saturated rings. The quantitative estimate of drug-likeness (QED) is 0.769. The number of rotatable bonds is 5. The lowest BCUT2D eigenvalue weighted by atomic mass is 10.3. The number of aromatic nitrogens is 1. The van der Waals surface area contributed by atoms with Gasteiger partial charge in [0.05, 0.1) is 6.54 Å². The monoisotopic (exact) mass is 275 g/mol. The number of likely N-dealkylation sites (N-methyl/N-ethyl adjacent to an activating group) is 2. The molecule has 7 heteroatoms. The van der Waals surface area contributed by atoms with Crippen LogP contribution in [0.1, 0.15) is 13.8 Å². The van der Waals surface area contributed by atoms with E-state index >= 15 is 0 Å². The van der Waals surface area contributed by atoms with Gasteiger partial charge in [-0.2, -0.15) is 9.37 Å². The van der Waals surface area contributed by atoms with Crippen molar-refractivity contribution < 1.29 is 18.0 Å². The highest BCUT2D eigenvalue weighted by molar-refractivity contribution is 5.81. The molecule has 19 heavy (non-hydrogen) atoms. The summed E-state index contributed by atoms with van der Waals surface area (Å²) < 4.78 is 39.2. The van der Waals surface area contributed by atoms with E-state index < -0.39 is 17.6 Å². The maximum absolute atomic E-state index is 13.5. The van der Waals surface area contributed by atoms with Crippen molar-refractivity contribution in [1.82, 2.24) is 9.88 Å². The Hall–Kier alpha value is -1.79. The van der Waals surface area contributed by atoms with E-state index in [9.17, 15) is 18.0 Å². The molecule has 1 aromatic rings. The second kappa shape index (κ2) is 6.40. The van der Waals surface area contributed by atoms with Crippen LogP contribution in [0.2, 0.25) is 0 Å². The molecule has 0 aliphatic heterocycles. The summed E-state index contributed by atoms with van der Waals surface area (Å²) in [6.07, 6.45) is 0. The largest absolute Gasteiger partial charge is 0.348 e. The fourth-order valence-corrected chi connectivity index (χ4v) is 1.66.